The summed E-state index contributed by atoms with van der Waals surface area (Å²) in [5.41, 5.74) is 5.73. The molecule has 1 saturated carbocycles. The molecule has 0 aliphatic heterocycles. The Balaban J connectivity index is 2.35. The zero-order valence-corrected chi connectivity index (χ0v) is 14.3. The zero-order valence-electron chi connectivity index (χ0n) is 12.0. The van der Waals surface area contributed by atoms with Crippen LogP contribution in [0.2, 0.25) is 10.0 Å². The van der Waals surface area contributed by atoms with E-state index in [4.69, 9.17) is 28.9 Å². The van der Waals surface area contributed by atoms with Crippen molar-refractivity contribution < 1.29 is 8.42 Å². The molecule has 0 radical (unpaired) electrons. The van der Waals surface area contributed by atoms with Crippen LogP contribution in [0.25, 0.3) is 0 Å². The SMILES string of the molecule is CC1(NS(=O)(=O)c2cc(CN)c(Cl)cc2Cl)CCCCC1. The van der Waals surface area contributed by atoms with E-state index in [-0.39, 0.29) is 16.5 Å². The monoisotopic (exact) mass is 350 g/mol. The van der Waals surface area contributed by atoms with Crippen molar-refractivity contribution in [2.75, 3.05) is 0 Å². The van der Waals surface area contributed by atoms with Gasteiger partial charge in [0.2, 0.25) is 10.0 Å². The van der Waals surface area contributed by atoms with E-state index in [2.05, 4.69) is 4.72 Å². The molecule has 1 aromatic carbocycles. The molecule has 2 rings (SSSR count). The second-order valence-electron chi connectivity index (χ2n) is 5.80. The Morgan fingerprint density at radius 3 is 2.38 bits per heavy atom. The van der Waals surface area contributed by atoms with Gasteiger partial charge in [-0.15, -0.1) is 0 Å². The highest BCUT2D eigenvalue weighted by Gasteiger charge is 2.33. The van der Waals surface area contributed by atoms with E-state index in [1.807, 2.05) is 6.92 Å². The van der Waals surface area contributed by atoms with Crippen molar-refractivity contribution in [3.05, 3.63) is 27.7 Å². The highest BCUT2D eigenvalue weighted by atomic mass is 35.5. The van der Waals surface area contributed by atoms with E-state index in [0.717, 1.165) is 32.1 Å². The molecule has 1 fully saturated rings. The van der Waals surface area contributed by atoms with Gasteiger partial charge in [-0.1, -0.05) is 42.5 Å². The molecule has 0 heterocycles. The Hall–Kier alpha value is -0.330. The predicted molar refractivity (Wildman–Crippen MR) is 86.2 cm³/mol. The molecule has 0 unspecified atom stereocenters. The smallest absolute Gasteiger partial charge is 0.242 e. The quantitative estimate of drug-likeness (QED) is 0.873. The number of benzene rings is 1. The Labute approximate surface area is 136 Å². The highest BCUT2D eigenvalue weighted by Crippen LogP contribution is 2.32. The van der Waals surface area contributed by atoms with E-state index in [1.165, 1.54) is 12.1 Å². The van der Waals surface area contributed by atoms with Gasteiger partial charge in [0.1, 0.15) is 4.90 Å². The van der Waals surface area contributed by atoms with Crippen LogP contribution in [0.4, 0.5) is 0 Å². The highest BCUT2D eigenvalue weighted by molar-refractivity contribution is 7.89. The summed E-state index contributed by atoms with van der Waals surface area (Å²) >= 11 is 12.1. The maximum Gasteiger partial charge on any atom is 0.242 e. The molecule has 0 amide bonds. The van der Waals surface area contributed by atoms with Crippen LogP contribution < -0.4 is 10.5 Å². The fourth-order valence-corrected chi connectivity index (χ4v) is 5.09. The number of hydrogen-bond acceptors (Lipinski definition) is 3. The Morgan fingerprint density at radius 2 is 1.81 bits per heavy atom. The molecular weight excluding hydrogens is 331 g/mol. The maximum atomic E-state index is 12.6. The van der Waals surface area contributed by atoms with Crippen molar-refractivity contribution in [3.63, 3.8) is 0 Å². The van der Waals surface area contributed by atoms with Crippen LogP contribution in [-0.4, -0.2) is 14.0 Å². The number of halogens is 2. The molecule has 118 valence electrons. The van der Waals surface area contributed by atoms with Crippen molar-refractivity contribution in [3.8, 4) is 0 Å². The first-order chi connectivity index (χ1) is 9.77. The molecule has 0 aromatic heterocycles. The van der Waals surface area contributed by atoms with Crippen LogP contribution in [0.15, 0.2) is 17.0 Å². The van der Waals surface area contributed by atoms with Crippen molar-refractivity contribution in [2.45, 2.75) is 56.0 Å². The standard InChI is InChI=1S/C14H20Cl2N2O2S/c1-14(5-3-2-4-6-14)18-21(19,20)13-7-10(9-17)11(15)8-12(13)16/h7-8,18H,2-6,9,17H2,1H3. The van der Waals surface area contributed by atoms with Gasteiger partial charge in [-0.25, -0.2) is 13.1 Å². The van der Waals surface area contributed by atoms with Gasteiger partial charge in [-0.05, 0) is 37.5 Å². The van der Waals surface area contributed by atoms with E-state index in [0.29, 0.717) is 10.6 Å². The number of hydrogen-bond donors (Lipinski definition) is 2. The second kappa shape index (κ2) is 6.42. The van der Waals surface area contributed by atoms with Crippen molar-refractivity contribution in [1.82, 2.24) is 4.72 Å². The van der Waals surface area contributed by atoms with Gasteiger partial charge in [0.25, 0.3) is 0 Å². The first-order valence-electron chi connectivity index (χ1n) is 6.99. The molecule has 1 aliphatic rings. The van der Waals surface area contributed by atoms with Gasteiger partial charge in [0, 0.05) is 17.1 Å². The normalized spacial score (nSPS) is 18.7. The van der Waals surface area contributed by atoms with Crippen LogP contribution >= 0.6 is 23.2 Å². The third kappa shape index (κ3) is 3.90. The van der Waals surface area contributed by atoms with Crippen molar-refractivity contribution >= 4 is 33.2 Å². The molecular formula is C14H20Cl2N2O2S. The third-order valence-electron chi connectivity index (χ3n) is 3.95. The third-order valence-corrected chi connectivity index (χ3v) is 6.40. The van der Waals surface area contributed by atoms with Crippen LogP contribution in [0.3, 0.4) is 0 Å². The van der Waals surface area contributed by atoms with Crippen LogP contribution in [-0.2, 0) is 16.6 Å². The van der Waals surface area contributed by atoms with E-state index >= 15 is 0 Å². The summed E-state index contributed by atoms with van der Waals surface area (Å²) in [6, 6.07) is 2.89. The predicted octanol–water partition coefficient (Wildman–Crippen LogP) is 3.45. The Bertz CT molecular complexity index is 626. The summed E-state index contributed by atoms with van der Waals surface area (Å²) in [5, 5.41) is 0.495. The summed E-state index contributed by atoms with van der Waals surface area (Å²) in [6.45, 7) is 2.10. The molecule has 1 aliphatic carbocycles. The van der Waals surface area contributed by atoms with E-state index < -0.39 is 15.6 Å². The molecule has 0 spiro atoms. The van der Waals surface area contributed by atoms with Gasteiger partial charge in [0.05, 0.1) is 5.02 Å². The molecule has 0 saturated heterocycles. The average molecular weight is 351 g/mol. The summed E-state index contributed by atoms with van der Waals surface area (Å²) in [4.78, 5) is 0.0424. The number of nitrogens with two attached hydrogens (primary N) is 1. The minimum absolute atomic E-state index is 0.0424. The first kappa shape index (κ1) is 17.0. The van der Waals surface area contributed by atoms with Gasteiger partial charge in [-0.3, -0.25) is 0 Å². The summed E-state index contributed by atoms with van der Waals surface area (Å²) in [7, 11) is -3.69. The Morgan fingerprint density at radius 1 is 1.19 bits per heavy atom. The first-order valence-corrected chi connectivity index (χ1v) is 9.23. The van der Waals surface area contributed by atoms with E-state index in [1.54, 1.807) is 0 Å². The maximum absolute atomic E-state index is 12.6. The van der Waals surface area contributed by atoms with Gasteiger partial charge >= 0.3 is 0 Å². The molecule has 0 atom stereocenters. The van der Waals surface area contributed by atoms with Crippen molar-refractivity contribution in [2.24, 2.45) is 5.73 Å². The molecule has 1 aromatic rings. The zero-order chi connectivity index (χ0) is 15.7. The van der Waals surface area contributed by atoms with Crippen molar-refractivity contribution in [1.29, 1.82) is 0 Å². The van der Waals surface area contributed by atoms with E-state index in [9.17, 15) is 8.42 Å². The fraction of sp³-hybridized carbons (Fsp3) is 0.571. The van der Waals surface area contributed by atoms with Gasteiger partial charge in [-0.2, -0.15) is 0 Å². The lowest BCUT2D eigenvalue weighted by Crippen LogP contribution is -2.47. The number of sulfonamides is 1. The minimum Gasteiger partial charge on any atom is -0.326 e. The van der Waals surface area contributed by atoms with Gasteiger partial charge < -0.3 is 5.73 Å². The van der Waals surface area contributed by atoms with Crippen LogP contribution in [0, 0.1) is 0 Å². The fourth-order valence-electron chi connectivity index (χ4n) is 2.75. The molecule has 4 nitrogen and oxygen atoms in total. The second-order valence-corrected chi connectivity index (χ2v) is 8.27. The topological polar surface area (TPSA) is 72.2 Å². The van der Waals surface area contributed by atoms with Gasteiger partial charge in [0.15, 0.2) is 0 Å². The summed E-state index contributed by atoms with van der Waals surface area (Å²) in [6.07, 6.45) is 4.88. The average Bonchev–Trinajstić information content (AvgIpc) is 2.38. The van der Waals surface area contributed by atoms with Crippen LogP contribution in [0.5, 0.6) is 0 Å². The molecule has 3 N–H and O–H groups in total. The lowest BCUT2D eigenvalue weighted by molar-refractivity contribution is 0.294. The summed E-state index contributed by atoms with van der Waals surface area (Å²) in [5.74, 6) is 0. The number of nitrogens with one attached hydrogen (secondary N) is 1. The Kier molecular flexibility index (Phi) is 5.21. The molecule has 7 heteroatoms. The lowest BCUT2D eigenvalue weighted by atomic mass is 9.84. The summed E-state index contributed by atoms with van der Waals surface area (Å²) < 4.78 is 28.1. The molecule has 0 bridgehead atoms. The number of rotatable bonds is 4. The minimum atomic E-state index is -3.69. The largest absolute Gasteiger partial charge is 0.326 e. The van der Waals surface area contributed by atoms with Crippen LogP contribution in [0.1, 0.15) is 44.6 Å². The molecule has 21 heavy (non-hydrogen) atoms. The lowest BCUT2D eigenvalue weighted by Gasteiger charge is -2.34.